The standard InChI is InChI=1S/C22H27BN6O4/c1-29-13-10-17(28-29)14-18(26-22(31)19-15-24-11-12-25-19)21(30)27-20(23(32)33)9-5-8-16-6-3-2-4-7-16/h2-4,6-7,10-13,15,18,20,32-33H,5,8-9,14H2,1H3,(H,26,31)(H,27,30)/t18-,20-/m0/s1. The molecule has 33 heavy (non-hydrogen) atoms. The average molecular weight is 450 g/mol. The maximum absolute atomic E-state index is 13.1. The van der Waals surface area contributed by atoms with Crippen molar-refractivity contribution in [1.29, 1.82) is 0 Å². The molecule has 2 atom stereocenters. The molecule has 3 aromatic rings. The van der Waals surface area contributed by atoms with Crippen molar-refractivity contribution in [2.75, 3.05) is 0 Å². The highest BCUT2D eigenvalue weighted by Crippen LogP contribution is 2.09. The second-order valence-electron chi connectivity index (χ2n) is 7.71. The molecule has 2 amide bonds. The first-order valence-corrected chi connectivity index (χ1v) is 10.7. The highest BCUT2D eigenvalue weighted by Gasteiger charge is 2.30. The van der Waals surface area contributed by atoms with E-state index in [2.05, 4.69) is 25.7 Å². The molecule has 0 fully saturated rings. The fraction of sp³-hybridized carbons (Fsp3) is 0.318. The van der Waals surface area contributed by atoms with Gasteiger partial charge in [0, 0.05) is 32.1 Å². The van der Waals surface area contributed by atoms with Crippen LogP contribution in [0.15, 0.2) is 61.2 Å². The molecule has 0 aliphatic heterocycles. The van der Waals surface area contributed by atoms with Gasteiger partial charge in [-0.2, -0.15) is 5.10 Å². The van der Waals surface area contributed by atoms with Crippen molar-refractivity contribution in [3.8, 4) is 0 Å². The van der Waals surface area contributed by atoms with E-state index in [0.717, 1.165) is 12.0 Å². The Bertz CT molecular complexity index is 1030. The van der Waals surface area contributed by atoms with Crippen LogP contribution in [0.1, 0.15) is 34.6 Å². The van der Waals surface area contributed by atoms with Gasteiger partial charge in [0.1, 0.15) is 11.7 Å². The second kappa shape index (κ2) is 11.9. The second-order valence-corrected chi connectivity index (χ2v) is 7.71. The number of aromatic nitrogens is 4. The Morgan fingerprint density at radius 1 is 1.12 bits per heavy atom. The summed E-state index contributed by atoms with van der Waals surface area (Å²) >= 11 is 0. The van der Waals surface area contributed by atoms with Crippen LogP contribution in [0.3, 0.4) is 0 Å². The van der Waals surface area contributed by atoms with Crippen LogP contribution in [-0.2, 0) is 24.7 Å². The Morgan fingerprint density at radius 2 is 1.91 bits per heavy atom. The number of aryl methyl sites for hydroxylation is 2. The van der Waals surface area contributed by atoms with Crippen LogP contribution in [0.2, 0.25) is 0 Å². The van der Waals surface area contributed by atoms with Crippen LogP contribution in [0.5, 0.6) is 0 Å². The number of benzene rings is 1. The lowest BCUT2D eigenvalue weighted by Gasteiger charge is -2.22. The molecule has 0 bridgehead atoms. The van der Waals surface area contributed by atoms with Gasteiger partial charge in [0.25, 0.3) is 5.91 Å². The Labute approximate surface area is 192 Å². The minimum atomic E-state index is -1.74. The lowest BCUT2D eigenvalue weighted by Crippen LogP contribution is -2.54. The van der Waals surface area contributed by atoms with Crippen molar-refractivity contribution in [1.82, 2.24) is 30.4 Å². The van der Waals surface area contributed by atoms with Gasteiger partial charge in [-0.25, -0.2) is 4.98 Å². The van der Waals surface area contributed by atoms with Gasteiger partial charge in [-0.15, -0.1) is 0 Å². The van der Waals surface area contributed by atoms with E-state index in [0.29, 0.717) is 18.5 Å². The van der Waals surface area contributed by atoms with Gasteiger partial charge in [0.15, 0.2) is 0 Å². The first-order valence-electron chi connectivity index (χ1n) is 10.7. The zero-order valence-corrected chi connectivity index (χ0v) is 18.3. The average Bonchev–Trinajstić information content (AvgIpc) is 3.23. The Hall–Kier alpha value is -3.57. The van der Waals surface area contributed by atoms with Gasteiger partial charge < -0.3 is 20.7 Å². The molecule has 0 saturated heterocycles. The third-order valence-electron chi connectivity index (χ3n) is 5.11. The van der Waals surface area contributed by atoms with E-state index in [4.69, 9.17) is 0 Å². The number of hydrogen-bond acceptors (Lipinski definition) is 7. The van der Waals surface area contributed by atoms with Crippen molar-refractivity contribution in [2.24, 2.45) is 7.05 Å². The summed E-state index contributed by atoms with van der Waals surface area (Å²) in [4.78, 5) is 33.5. The van der Waals surface area contributed by atoms with E-state index < -0.39 is 30.9 Å². The van der Waals surface area contributed by atoms with Crippen molar-refractivity contribution in [2.45, 2.75) is 37.7 Å². The normalized spacial score (nSPS) is 12.6. The van der Waals surface area contributed by atoms with Gasteiger partial charge >= 0.3 is 7.12 Å². The van der Waals surface area contributed by atoms with Gasteiger partial charge in [-0.3, -0.25) is 19.3 Å². The molecule has 11 heteroatoms. The number of carbonyl (C=O) groups is 2. The lowest BCUT2D eigenvalue weighted by molar-refractivity contribution is -0.123. The quantitative estimate of drug-likeness (QED) is 0.303. The predicted octanol–water partition coefficient (Wildman–Crippen LogP) is 0.0709. The summed E-state index contributed by atoms with van der Waals surface area (Å²) in [5.74, 6) is -2.00. The topological polar surface area (TPSA) is 142 Å². The molecule has 172 valence electrons. The van der Waals surface area contributed by atoms with Gasteiger partial charge in [-0.1, -0.05) is 30.3 Å². The van der Waals surface area contributed by atoms with Crippen molar-refractivity contribution in [3.05, 3.63) is 78.1 Å². The Morgan fingerprint density at radius 3 is 2.55 bits per heavy atom. The molecule has 0 unspecified atom stereocenters. The molecule has 0 spiro atoms. The van der Waals surface area contributed by atoms with Crippen LogP contribution in [0.25, 0.3) is 0 Å². The largest absolute Gasteiger partial charge is 0.475 e. The van der Waals surface area contributed by atoms with Gasteiger partial charge in [0.05, 0.1) is 17.8 Å². The summed E-state index contributed by atoms with van der Waals surface area (Å²) < 4.78 is 1.60. The summed E-state index contributed by atoms with van der Waals surface area (Å²) in [6.07, 6.45) is 7.71. The molecule has 0 aliphatic carbocycles. The SMILES string of the molecule is Cn1ccc(C[C@H](NC(=O)c2cnccn2)C(=O)N[C@@H](CCCc2ccccc2)B(O)O)n1. The number of nitrogens with zero attached hydrogens (tertiary/aromatic N) is 4. The van der Waals surface area contributed by atoms with E-state index >= 15 is 0 Å². The fourth-order valence-electron chi connectivity index (χ4n) is 3.39. The highest BCUT2D eigenvalue weighted by atomic mass is 16.4. The zero-order valence-electron chi connectivity index (χ0n) is 18.3. The first kappa shape index (κ1) is 24.1. The van der Waals surface area contributed by atoms with Crippen LogP contribution < -0.4 is 10.6 Å². The molecular weight excluding hydrogens is 423 g/mol. The number of rotatable bonds is 11. The van der Waals surface area contributed by atoms with E-state index in [1.807, 2.05) is 30.3 Å². The molecule has 0 aliphatic rings. The number of hydrogen-bond donors (Lipinski definition) is 4. The Balaban J connectivity index is 1.66. The summed E-state index contributed by atoms with van der Waals surface area (Å²) in [5.41, 5.74) is 1.79. The first-order chi connectivity index (χ1) is 15.9. The maximum Gasteiger partial charge on any atom is 0.475 e. The number of nitrogens with one attached hydrogen (secondary N) is 2. The summed E-state index contributed by atoms with van der Waals surface area (Å²) in [6.45, 7) is 0. The van der Waals surface area contributed by atoms with Crippen molar-refractivity contribution >= 4 is 18.9 Å². The number of carbonyl (C=O) groups excluding carboxylic acids is 2. The van der Waals surface area contributed by atoms with Crippen molar-refractivity contribution in [3.63, 3.8) is 0 Å². The lowest BCUT2D eigenvalue weighted by atomic mass is 9.76. The van der Waals surface area contributed by atoms with Crippen LogP contribution in [0.4, 0.5) is 0 Å². The zero-order chi connectivity index (χ0) is 23.6. The smallest absolute Gasteiger partial charge is 0.426 e. The van der Waals surface area contributed by atoms with E-state index in [9.17, 15) is 19.6 Å². The van der Waals surface area contributed by atoms with Crippen molar-refractivity contribution < 1.29 is 19.6 Å². The minimum Gasteiger partial charge on any atom is -0.426 e. The number of amides is 2. The minimum absolute atomic E-state index is 0.0675. The van der Waals surface area contributed by atoms with Crippen LogP contribution in [-0.4, -0.2) is 60.7 Å². The maximum atomic E-state index is 13.1. The molecule has 2 aromatic heterocycles. The Kier molecular flexibility index (Phi) is 8.67. The molecule has 0 saturated carbocycles. The third-order valence-corrected chi connectivity index (χ3v) is 5.11. The van der Waals surface area contributed by atoms with Gasteiger partial charge in [-0.05, 0) is 30.9 Å². The molecule has 2 heterocycles. The van der Waals surface area contributed by atoms with Crippen LogP contribution in [0, 0.1) is 0 Å². The molecular formula is C22H27BN6O4. The van der Waals surface area contributed by atoms with Gasteiger partial charge in [0.2, 0.25) is 5.91 Å². The fourth-order valence-corrected chi connectivity index (χ4v) is 3.39. The summed E-state index contributed by atoms with van der Waals surface area (Å²) in [6, 6.07) is 10.6. The summed E-state index contributed by atoms with van der Waals surface area (Å²) in [7, 11) is 0.0117. The highest BCUT2D eigenvalue weighted by molar-refractivity contribution is 6.43. The molecule has 10 nitrogen and oxygen atoms in total. The molecule has 3 rings (SSSR count). The molecule has 0 radical (unpaired) electrons. The monoisotopic (exact) mass is 450 g/mol. The summed E-state index contributed by atoms with van der Waals surface area (Å²) in [5, 5.41) is 29.2. The molecule has 4 N–H and O–H groups in total. The van der Waals surface area contributed by atoms with E-state index in [-0.39, 0.29) is 12.1 Å². The van der Waals surface area contributed by atoms with E-state index in [1.165, 1.54) is 18.6 Å². The molecule has 1 aromatic carbocycles. The predicted molar refractivity (Wildman–Crippen MR) is 122 cm³/mol. The third kappa shape index (κ3) is 7.51. The van der Waals surface area contributed by atoms with Crippen LogP contribution >= 0.6 is 0 Å². The van der Waals surface area contributed by atoms with E-state index in [1.54, 1.807) is 24.0 Å².